The molecule has 2 fully saturated rings. The van der Waals surface area contributed by atoms with Crippen LogP contribution in [0.2, 0.25) is 0 Å². The number of anilines is 2. The molecular weight excluding hydrogens is 404 g/mol. The lowest BCUT2D eigenvalue weighted by molar-refractivity contribution is 0.0304. The first-order valence-corrected chi connectivity index (χ1v) is 11.1. The van der Waals surface area contributed by atoms with E-state index in [2.05, 4.69) is 21.9 Å². The molecule has 2 aliphatic rings. The van der Waals surface area contributed by atoms with Crippen LogP contribution in [-0.4, -0.2) is 75.4 Å². The Morgan fingerprint density at radius 1 is 0.875 bits per heavy atom. The SMILES string of the molecule is COc1ccccc1N1CCN(c2ncc(C(=O)N3CCOCC3)c3ccccc23)CC1. The molecule has 2 saturated heterocycles. The third-order valence-electron chi connectivity index (χ3n) is 6.31. The summed E-state index contributed by atoms with van der Waals surface area (Å²) < 4.78 is 10.9. The molecule has 2 aliphatic heterocycles. The molecule has 0 aliphatic carbocycles. The standard InChI is InChI=1S/C25H28N4O3/c1-31-23-9-5-4-8-22(23)27-10-12-28(13-11-27)24-20-7-3-2-6-19(20)21(18-26-24)25(30)29-14-16-32-17-15-29/h2-9,18H,10-17H2,1H3. The van der Waals surface area contributed by atoms with Crippen LogP contribution in [0.3, 0.4) is 0 Å². The van der Waals surface area contributed by atoms with E-state index in [1.54, 1.807) is 13.3 Å². The molecule has 0 atom stereocenters. The maximum atomic E-state index is 13.2. The molecule has 32 heavy (non-hydrogen) atoms. The minimum Gasteiger partial charge on any atom is -0.495 e. The molecule has 0 radical (unpaired) electrons. The molecule has 166 valence electrons. The van der Waals surface area contributed by atoms with E-state index in [-0.39, 0.29) is 5.91 Å². The Morgan fingerprint density at radius 3 is 2.28 bits per heavy atom. The summed E-state index contributed by atoms with van der Waals surface area (Å²) >= 11 is 0. The molecule has 7 heteroatoms. The zero-order chi connectivity index (χ0) is 21.9. The summed E-state index contributed by atoms with van der Waals surface area (Å²) in [7, 11) is 1.71. The fourth-order valence-corrected chi connectivity index (χ4v) is 4.59. The van der Waals surface area contributed by atoms with Crippen LogP contribution in [-0.2, 0) is 4.74 Å². The first-order chi connectivity index (χ1) is 15.8. The Morgan fingerprint density at radius 2 is 1.53 bits per heavy atom. The topological polar surface area (TPSA) is 58.1 Å². The fourth-order valence-electron chi connectivity index (χ4n) is 4.59. The van der Waals surface area contributed by atoms with Gasteiger partial charge in [0.25, 0.3) is 5.91 Å². The highest BCUT2D eigenvalue weighted by atomic mass is 16.5. The van der Waals surface area contributed by atoms with Crippen LogP contribution in [0.25, 0.3) is 10.8 Å². The smallest absolute Gasteiger partial charge is 0.256 e. The lowest BCUT2D eigenvalue weighted by Gasteiger charge is -2.37. The number of ether oxygens (including phenoxy) is 2. The molecule has 1 amide bonds. The van der Waals surface area contributed by atoms with Crippen molar-refractivity contribution in [2.24, 2.45) is 0 Å². The predicted molar refractivity (Wildman–Crippen MR) is 126 cm³/mol. The number of aromatic nitrogens is 1. The van der Waals surface area contributed by atoms with E-state index < -0.39 is 0 Å². The van der Waals surface area contributed by atoms with E-state index in [0.29, 0.717) is 31.9 Å². The third-order valence-corrected chi connectivity index (χ3v) is 6.31. The van der Waals surface area contributed by atoms with Crippen LogP contribution >= 0.6 is 0 Å². The van der Waals surface area contributed by atoms with E-state index in [1.807, 2.05) is 41.3 Å². The van der Waals surface area contributed by atoms with Crippen LogP contribution < -0.4 is 14.5 Å². The minimum absolute atomic E-state index is 0.0320. The first kappa shape index (κ1) is 20.6. The van der Waals surface area contributed by atoms with Gasteiger partial charge in [0.05, 0.1) is 31.6 Å². The van der Waals surface area contributed by atoms with Crippen LogP contribution in [0.15, 0.2) is 54.7 Å². The lowest BCUT2D eigenvalue weighted by atomic mass is 10.0. The van der Waals surface area contributed by atoms with Gasteiger partial charge in [0.2, 0.25) is 0 Å². The number of para-hydroxylation sites is 2. The van der Waals surface area contributed by atoms with E-state index in [1.165, 1.54) is 0 Å². The summed E-state index contributed by atoms with van der Waals surface area (Å²) in [4.78, 5) is 24.5. The minimum atomic E-state index is 0.0320. The van der Waals surface area contributed by atoms with E-state index in [9.17, 15) is 4.79 Å². The molecule has 2 aromatic carbocycles. The second kappa shape index (κ2) is 9.04. The van der Waals surface area contributed by atoms with Crippen LogP contribution in [0.1, 0.15) is 10.4 Å². The Labute approximate surface area is 188 Å². The summed E-state index contributed by atoms with van der Waals surface area (Å²) in [5.74, 6) is 1.87. The number of methoxy groups -OCH3 is 1. The number of fused-ring (bicyclic) bond motifs is 1. The Kier molecular flexibility index (Phi) is 5.81. The molecule has 0 spiro atoms. The quantitative estimate of drug-likeness (QED) is 0.632. The number of hydrogen-bond acceptors (Lipinski definition) is 6. The monoisotopic (exact) mass is 432 g/mol. The fraction of sp³-hybridized carbons (Fsp3) is 0.360. The van der Waals surface area contributed by atoms with Crippen LogP contribution in [0, 0.1) is 0 Å². The number of morpholine rings is 1. The zero-order valence-corrected chi connectivity index (χ0v) is 18.4. The number of carbonyl (C=O) groups is 1. The van der Waals surface area contributed by atoms with E-state index in [0.717, 1.165) is 54.2 Å². The van der Waals surface area contributed by atoms with Crippen molar-refractivity contribution in [2.45, 2.75) is 0 Å². The molecular formula is C25H28N4O3. The second-order valence-corrected chi connectivity index (χ2v) is 8.09. The second-order valence-electron chi connectivity index (χ2n) is 8.09. The van der Waals surface area contributed by atoms with Gasteiger partial charge in [-0.05, 0) is 17.5 Å². The molecule has 5 rings (SSSR count). The van der Waals surface area contributed by atoms with Crippen molar-refractivity contribution in [3.8, 4) is 5.75 Å². The molecule has 3 heterocycles. The summed E-state index contributed by atoms with van der Waals surface area (Å²) in [5, 5.41) is 1.98. The summed E-state index contributed by atoms with van der Waals surface area (Å²) in [6.07, 6.45) is 1.75. The van der Waals surface area contributed by atoms with Gasteiger partial charge in [0.15, 0.2) is 0 Å². The van der Waals surface area contributed by atoms with Crippen LogP contribution in [0.5, 0.6) is 5.75 Å². The van der Waals surface area contributed by atoms with Gasteiger partial charge >= 0.3 is 0 Å². The van der Waals surface area contributed by atoms with Gasteiger partial charge in [0, 0.05) is 50.9 Å². The van der Waals surface area contributed by atoms with E-state index in [4.69, 9.17) is 14.5 Å². The molecule has 7 nitrogen and oxygen atoms in total. The Balaban J connectivity index is 1.39. The predicted octanol–water partition coefficient (Wildman–Crippen LogP) is 3.04. The number of piperazine rings is 1. The highest BCUT2D eigenvalue weighted by Crippen LogP contribution is 2.32. The van der Waals surface area contributed by atoms with Gasteiger partial charge in [-0.15, -0.1) is 0 Å². The Hall–Kier alpha value is -3.32. The first-order valence-electron chi connectivity index (χ1n) is 11.1. The highest BCUT2D eigenvalue weighted by molar-refractivity contribution is 6.09. The molecule has 1 aromatic heterocycles. The highest BCUT2D eigenvalue weighted by Gasteiger charge is 2.25. The molecule has 0 N–H and O–H groups in total. The zero-order valence-electron chi connectivity index (χ0n) is 18.4. The van der Waals surface area contributed by atoms with Gasteiger partial charge in [0.1, 0.15) is 11.6 Å². The van der Waals surface area contributed by atoms with Gasteiger partial charge < -0.3 is 24.2 Å². The number of hydrogen-bond donors (Lipinski definition) is 0. The van der Waals surface area contributed by atoms with E-state index >= 15 is 0 Å². The molecule has 3 aromatic rings. The average molecular weight is 433 g/mol. The number of rotatable bonds is 4. The molecule has 0 saturated carbocycles. The maximum absolute atomic E-state index is 13.2. The van der Waals surface area contributed by atoms with Crippen molar-refractivity contribution >= 4 is 28.2 Å². The lowest BCUT2D eigenvalue weighted by Crippen LogP contribution is -2.47. The molecule has 0 unspecified atom stereocenters. The van der Waals surface area contributed by atoms with Crippen molar-refractivity contribution in [3.63, 3.8) is 0 Å². The van der Waals surface area contributed by atoms with Gasteiger partial charge in [-0.3, -0.25) is 4.79 Å². The number of pyridine rings is 1. The third kappa shape index (κ3) is 3.84. The number of carbonyl (C=O) groups excluding carboxylic acids is 1. The van der Waals surface area contributed by atoms with Crippen molar-refractivity contribution < 1.29 is 14.3 Å². The Bertz CT molecular complexity index is 1110. The maximum Gasteiger partial charge on any atom is 0.256 e. The number of benzene rings is 2. The number of amides is 1. The van der Waals surface area contributed by atoms with Crippen molar-refractivity contribution in [3.05, 3.63) is 60.3 Å². The van der Waals surface area contributed by atoms with Crippen molar-refractivity contribution in [1.29, 1.82) is 0 Å². The van der Waals surface area contributed by atoms with Gasteiger partial charge in [-0.25, -0.2) is 4.98 Å². The van der Waals surface area contributed by atoms with Crippen molar-refractivity contribution in [2.75, 3.05) is 69.4 Å². The normalized spacial score (nSPS) is 17.0. The summed E-state index contributed by atoms with van der Waals surface area (Å²) in [6, 6.07) is 16.2. The largest absolute Gasteiger partial charge is 0.495 e. The van der Waals surface area contributed by atoms with Gasteiger partial charge in [-0.2, -0.15) is 0 Å². The molecule has 0 bridgehead atoms. The van der Waals surface area contributed by atoms with Crippen molar-refractivity contribution in [1.82, 2.24) is 9.88 Å². The summed E-state index contributed by atoms with van der Waals surface area (Å²) in [5.41, 5.74) is 1.79. The summed E-state index contributed by atoms with van der Waals surface area (Å²) in [6.45, 7) is 5.89. The van der Waals surface area contributed by atoms with Gasteiger partial charge in [-0.1, -0.05) is 36.4 Å². The average Bonchev–Trinajstić information content (AvgIpc) is 2.88. The van der Waals surface area contributed by atoms with Crippen LogP contribution in [0.4, 0.5) is 11.5 Å². The number of nitrogens with zero attached hydrogens (tertiary/aromatic N) is 4.